The Labute approximate surface area is 97.0 Å². The number of hydrogen-bond acceptors (Lipinski definition) is 3. The van der Waals surface area contributed by atoms with Gasteiger partial charge in [0.2, 0.25) is 5.82 Å². The van der Waals surface area contributed by atoms with E-state index in [-0.39, 0.29) is 11.6 Å². The molecule has 2 heterocycles. The Morgan fingerprint density at radius 2 is 2.24 bits per heavy atom. The maximum Gasteiger partial charge on any atom is 0.372 e. The first kappa shape index (κ1) is 9.89. The fourth-order valence-corrected chi connectivity index (χ4v) is 2.30. The highest BCUT2D eigenvalue weighted by Crippen LogP contribution is 2.36. The first-order chi connectivity index (χ1) is 8.18. The Balaban J connectivity index is 2.27. The predicted molar refractivity (Wildman–Crippen MR) is 60.0 cm³/mol. The van der Waals surface area contributed by atoms with Crippen LogP contribution < -0.4 is 0 Å². The number of aromatic hydroxyl groups is 1. The molecule has 5 heteroatoms. The molecule has 1 aliphatic rings. The predicted octanol–water partition coefficient (Wildman–Crippen LogP) is 1.51. The quantitative estimate of drug-likeness (QED) is 0.778. The molecule has 0 atom stereocenters. The van der Waals surface area contributed by atoms with Crippen molar-refractivity contribution in [1.82, 2.24) is 9.55 Å². The Kier molecular flexibility index (Phi) is 1.95. The number of phenols is 1. The van der Waals surface area contributed by atoms with Crippen molar-refractivity contribution in [3.63, 3.8) is 0 Å². The number of benzene rings is 1. The zero-order valence-electron chi connectivity index (χ0n) is 8.92. The average Bonchev–Trinajstić information content (AvgIpc) is 2.72. The monoisotopic (exact) mass is 230 g/mol. The highest BCUT2D eigenvalue weighted by Gasteiger charge is 2.24. The maximum atomic E-state index is 11.0. The third-order valence-corrected chi connectivity index (χ3v) is 3.04. The average molecular weight is 230 g/mol. The fourth-order valence-electron chi connectivity index (χ4n) is 2.30. The van der Waals surface area contributed by atoms with Gasteiger partial charge in [0.05, 0.1) is 11.9 Å². The van der Waals surface area contributed by atoms with Crippen molar-refractivity contribution in [3.8, 4) is 17.0 Å². The molecular weight excluding hydrogens is 220 g/mol. The second-order valence-electron chi connectivity index (χ2n) is 3.99. The van der Waals surface area contributed by atoms with Gasteiger partial charge in [-0.15, -0.1) is 0 Å². The lowest BCUT2D eigenvalue weighted by molar-refractivity contribution is 0.0678. The third kappa shape index (κ3) is 1.32. The smallest absolute Gasteiger partial charge is 0.372 e. The number of hydrogen-bond donors (Lipinski definition) is 2. The fraction of sp³-hybridized carbons (Fsp3) is 0.167. The lowest BCUT2D eigenvalue weighted by Gasteiger charge is -2.20. The van der Waals surface area contributed by atoms with Crippen LogP contribution in [0.5, 0.6) is 5.75 Å². The van der Waals surface area contributed by atoms with Gasteiger partial charge in [0, 0.05) is 12.1 Å². The molecule has 1 aromatic heterocycles. The number of carboxylic acids is 1. The molecule has 0 unspecified atom stereocenters. The summed E-state index contributed by atoms with van der Waals surface area (Å²) < 4.78 is 1.63. The Morgan fingerprint density at radius 1 is 1.41 bits per heavy atom. The molecule has 0 aliphatic carbocycles. The SMILES string of the molecule is O=C(O)c1ncc2n1CCc1cccc(O)c1-2. The highest BCUT2D eigenvalue weighted by molar-refractivity contribution is 5.86. The minimum atomic E-state index is -1.05. The van der Waals surface area contributed by atoms with E-state index in [9.17, 15) is 9.90 Å². The number of carbonyl (C=O) groups is 1. The van der Waals surface area contributed by atoms with E-state index in [1.54, 1.807) is 16.7 Å². The van der Waals surface area contributed by atoms with Crippen LogP contribution >= 0.6 is 0 Å². The van der Waals surface area contributed by atoms with Crippen LogP contribution in [0, 0.1) is 0 Å². The molecule has 0 spiro atoms. The first-order valence-electron chi connectivity index (χ1n) is 5.28. The molecule has 1 aromatic carbocycles. The number of fused-ring (bicyclic) bond motifs is 3. The summed E-state index contributed by atoms with van der Waals surface area (Å²) in [5.41, 5.74) is 2.38. The van der Waals surface area contributed by atoms with Crippen molar-refractivity contribution in [2.75, 3.05) is 0 Å². The van der Waals surface area contributed by atoms with Crippen molar-refractivity contribution in [2.45, 2.75) is 13.0 Å². The molecule has 2 N–H and O–H groups in total. The van der Waals surface area contributed by atoms with E-state index in [1.165, 1.54) is 6.20 Å². The van der Waals surface area contributed by atoms with Crippen molar-refractivity contribution >= 4 is 5.97 Å². The van der Waals surface area contributed by atoms with Gasteiger partial charge in [-0.05, 0) is 18.1 Å². The number of nitrogens with zero attached hydrogens (tertiary/aromatic N) is 2. The number of rotatable bonds is 1. The van der Waals surface area contributed by atoms with E-state index in [0.29, 0.717) is 24.2 Å². The van der Waals surface area contributed by atoms with Crippen molar-refractivity contribution in [1.29, 1.82) is 0 Å². The van der Waals surface area contributed by atoms with Crippen LogP contribution in [0.3, 0.4) is 0 Å². The number of aryl methyl sites for hydroxylation is 1. The molecule has 0 saturated carbocycles. The second-order valence-corrected chi connectivity index (χ2v) is 3.99. The van der Waals surface area contributed by atoms with E-state index in [2.05, 4.69) is 4.98 Å². The summed E-state index contributed by atoms with van der Waals surface area (Å²) in [4.78, 5) is 14.9. The molecule has 0 radical (unpaired) electrons. The molecule has 1 aliphatic heterocycles. The van der Waals surface area contributed by atoms with E-state index in [1.807, 2.05) is 6.07 Å². The molecule has 5 nitrogen and oxygen atoms in total. The zero-order valence-corrected chi connectivity index (χ0v) is 8.92. The number of phenolic OH excluding ortho intramolecular Hbond substituents is 1. The zero-order chi connectivity index (χ0) is 12.0. The molecule has 0 bridgehead atoms. The van der Waals surface area contributed by atoms with E-state index < -0.39 is 5.97 Å². The van der Waals surface area contributed by atoms with Gasteiger partial charge in [-0.2, -0.15) is 0 Å². The van der Waals surface area contributed by atoms with Crippen LogP contribution in [0.15, 0.2) is 24.4 Å². The molecular formula is C12H10N2O3. The molecule has 17 heavy (non-hydrogen) atoms. The van der Waals surface area contributed by atoms with Gasteiger partial charge < -0.3 is 14.8 Å². The van der Waals surface area contributed by atoms with Crippen molar-refractivity contribution in [3.05, 3.63) is 35.8 Å². The minimum Gasteiger partial charge on any atom is -0.507 e. The van der Waals surface area contributed by atoms with Crippen molar-refractivity contribution < 1.29 is 15.0 Å². The van der Waals surface area contributed by atoms with Gasteiger partial charge in [0.15, 0.2) is 0 Å². The van der Waals surface area contributed by atoms with Gasteiger partial charge in [-0.25, -0.2) is 9.78 Å². The normalized spacial score (nSPS) is 12.9. The van der Waals surface area contributed by atoms with E-state index in [4.69, 9.17) is 5.11 Å². The summed E-state index contributed by atoms with van der Waals surface area (Å²) in [6.07, 6.45) is 2.20. The largest absolute Gasteiger partial charge is 0.507 e. The summed E-state index contributed by atoms with van der Waals surface area (Å²) in [5.74, 6) is -0.857. The van der Waals surface area contributed by atoms with Crippen LogP contribution in [0.25, 0.3) is 11.3 Å². The molecule has 0 fully saturated rings. The Bertz CT molecular complexity index is 616. The number of aromatic carboxylic acids is 1. The topological polar surface area (TPSA) is 75.3 Å². The Hall–Kier alpha value is -2.30. The van der Waals surface area contributed by atoms with Crippen LogP contribution in [0.2, 0.25) is 0 Å². The summed E-state index contributed by atoms with van der Waals surface area (Å²) in [5, 5.41) is 18.9. The van der Waals surface area contributed by atoms with Crippen molar-refractivity contribution in [2.24, 2.45) is 0 Å². The summed E-state index contributed by atoms with van der Waals surface area (Å²) in [7, 11) is 0. The Morgan fingerprint density at radius 3 is 3.00 bits per heavy atom. The lowest BCUT2D eigenvalue weighted by Crippen LogP contribution is -2.16. The number of imidazole rings is 1. The van der Waals surface area contributed by atoms with Gasteiger partial charge in [0.25, 0.3) is 0 Å². The van der Waals surface area contributed by atoms with Crippen LogP contribution in [0.1, 0.15) is 16.2 Å². The maximum absolute atomic E-state index is 11.0. The molecule has 2 aromatic rings. The molecule has 3 rings (SSSR count). The van der Waals surface area contributed by atoms with E-state index in [0.717, 1.165) is 5.56 Å². The minimum absolute atomic E-state index is 0.0221. The van der Waals surface area contributed by atoms with Crippen LogP contribution in [-0.2, 0) is 13.0 Å². The summed E-state index contributed by atoms with van der Waals surface area (Å²) in [6.45, 7) is 0.577. The number of aromatic nitrogens is 2. The lowest BCUT2D eigenvalue weighted by atomic mass is 9.98. The van der Waals surface area contributed by atoms with Gasteiger partial charge in [-0.1, -0.05) is 12.1 Å². The molecule has 0 saturated heterocycles. The molecule has 86 valence electrons. The highest BCUT2D eigenvalue weighted by atomic mass is 16.4. The number of carboxylic acid groups (broad SMARTS) is 1. The van der Waals surface area contributed by atoms with E-state index >= 15 is 0 Å². The summed E-state index contributed by atoms with van der Waals surface area (Å²) in [6, 6.07) is 5.33. The van der Waals surface area contributed by atoms with Gasteiger partial charge in [-0.3, -0.25) is 0 Å². The standard InChI is InChI=1S/C12H10N2O3/c15-9-3-1-2-7-4-5-14-8(10(7)9)6-13-11(14)12(16)17/h1-3,6,15H,4-5H2,(H,16,17). The second kappa shape index (κ2) is 3.35. The summed E-state index contributed by atoms with van der Waals surface area (Å²) >= 11 is 0. The first-order valence-corrected chi connectivity index (χ1v) is 5.28. The van der Waals surface area contributed by atoms with Crippen LogP contribution in [-0.4, -0.2) is 25.7 Å². The third-order valence-electron chi connectivity index (χ3n) is 3.04. The molecule has 0 amide bonds. The van der Waals surface area contributed by atoms with Crippen LogP contribution in [0.4, 0.5) is 0 Å². The van der Waals surface area contributed by atoms with Gasteiger partial charge in [0.1, 0.15) is 5.75 Å². The van der Waals surface area contributed by atoms with Gasteiger partial charge >= 0.3 is 5.97 Å².